The normalized spacial score (nSPS) is 10.1. The van der Waals surface area contributed by atoms with Gasteiger partial charge in [-0.25, -0.2) is 0 Å². The molecular formula is C17H19NO2. The van der Waals surface area contributed by atoms with E-state index in [2.05, 4.69) is 5.32 Å². The number of hydrogen-bond acceptors (Lipinski definition) is 2. The molecule has 0 aromatic heterocycles. The van der Waals surface area contributed by atoms with Crippen LogP contribution >= 0.6 is 0 Å². The fraction of sp³-hybridized carbons (Fsp3) is 0.235. The van der Waals surface area contributed by atoms with Gasteiger partial charge < -0.3 is 10.1 Å². The van der Waals surface area contributed by atoms with Gasteiger partial charge in [-0.2, -0.15) is 0 Å². The number of carbonyl (C=O) groups is 1. The van der Waals surface area contributed by atoms with Gasteiger partial charge in [0, 0.05) is 5.56 Å². The first kappa shape index (κ1) is 14.1. The van der Waals surface area contributed by atoms with Gasteiger partial charge in [0.05, 0.1) is 6.54 Å². The minimum Gasteiger partial charge on any atom is -0.492 e. The SMILES string of the molecule is Cc1ccc(OCCNC(=O)c2ccc(C)cc2)cc1. The van der Waals surface area contributed by atoms with Crippen LogP contribution in [-0.2, 0) is 0 Å². The smallest absolute Gasteiger partial charge is 0.251 e. The molecule has 2 aromatic carbocycles. The summed E-state index contributed by atoms with van der Waals surface area (Å²) in [4.78, 5) is 11.8. The molecule has 0 atom stereocenters. The van der Waals surface area contributed by atoms with Crippen molar-refractivity contribution in [2.75, 3.05) is 13.2 Å². The van der Waals surface area contributed by atoms with Crippen molar-refractivity contribution in [1.82, 2.24) is 5.32 Å². The summed E-state index contributed by atoms with van der Waals surface area (Å²) in [6, 6.07) is 15.4. The van der Waals surface area contributed by atoms with E-state index in [4.69, 9.17) is 4.74 Å². The molecule has 0 aliphatic rings. The summed E-state index contributed by atoms with van der Waals surface area (Å²) in [5, 5.41) is 2.84. The molecule has 2 aromatic rings. The van der Waals surface area contributed by atoms with Gasteiger partial charge in [0.2, 0.25) is 0 Å². The molecule has 0 spiro atoms. The van der Waals surface area contributed by atoms with Crippen LogP contribution in [0.15, 0.2) is 48.5 Å². The summed E-state index contributed by atoms with van der Waals surface area (Å²) in [6.45, 7) is 4.98. The zero-order chi connectivity index (χ0) is 14.4. The number of amides is 1. The first-order valence-corrected chi connectivity index (χ1v) is 6.69. The molecule has 0 bridgehead atoms. The number of rotatable bonds is 5. The van der Waals surface area contributed by atoms with Crippen molar-refractivity contribution in [3.05, 3.63) is 65.2 Å². The number of hydrogen-bond donors (Lipinski definition) is 1. The van der Waals surface area contributed by atoms with Crippen molar-refractivity contribution in [3.63, 3.8) is 0 Å². The van der Waals surface area contributed by atoms with Crippen LogP contribution in [0.2, 0.25) is 0 Å². The average Bonchev–Trinajstić information content (AvgIpc) is 2.46. The summed E-state index contributed by atoms with van der Waals surface area (Å²) in [6.07, 6.45) is 0. The lowest BCUT2D eigenvalue weighted by Crippen LogP contribution is -2.28. The lowest BCUT2D eigenvalue weighted by Gasteiger charge is -2.08. The van der Waals surface area contributed by atoms with Crippen molar-refractivity contribution in [2.24, 2.45) is 0 Å². The van der Waals surface area contributed by atoms with Gasteiger partial charge in [0.25, 0.3) is 5.91 Å². The lowest BCUT2D eigenvalue weighted by atomic mass is 10.1. The molecule has 1 N–H and O–H groups in total. The van der Waals surface area contributed by atoms with E-state index >= 15 is 0 Å². The molecule has 20 heavy (non-hydrogen) atoms. The molecule has 0 aliphatic heterocycles. The molecule has 0 aliphatic carbocycles. The molecule has 0 radical (unpaired) electrons. The minimum absolute atomic E-state index is 0.0718. The van der Waals surface area contributed by atoms with E-state index in [0.29, 0.717) is 18.7 Å². The fourth-order valence-electron chi connectivity index (χ4n) is 1.77. The standard InChI is InChI=1S/C17H19NO2/c1-13-3-7-15(8-4-13)17(19)18-11-12-20-16-9-5-14(2)6-10-16/h3-10H,11-12H2,1-2H3,(H,18,19). The van der Waals surface area contributed by atoms with Crippen LogP contribution in [0.4, 0.5) is 0 Å². The molecular weight excluding hydrogens is 250 g/mol. The molecule has 0 saturated heterocycles. The first-order chi connectivity index (χ1) is 9.65. The Morgan fingerprint density at radius 3 is 2.10 bits per heavy atom. The van der Waals surface area contributed by atoms with Gasteiger partial charge in [0.15, 0.2) is 0 Å². The monoisotopic (exact) mass is 269 g/mol. The Labute approximate surface area is 119 Å². The molecule has 3 nitrogen and oxygen atoms in total. The summed E-state index contributed by atoms with van der Waals surface area (Å²) < 4.78 is 5.55. The maximum Gasteiger partial charge on any atom is 0.251 e. The van der Waals surface area contributed by atoms with E-state index in [9.17, 15) is 4.79 Å². The predicted molar refractivity (Wildman–Crippen MR) is 80.2 cm³/mol. The highest BCUT2D eigenvalue weighted by molar-refractivity contribution is 5.94. The molecule has 0 fully saturated rings. The Morgan fingerprint density at radius 1 is 0.950 bits per heavy atom. The van der Waals surface area contributed by atoms with E-state index in [1.165, 1.54) is 5.56 Å². The van der Waals surface area contributed by atoms with Crippen LogP contribution in [0.25, 0.3) is 0 Å². The van der Waals surface area contributed by atoms with Gasteiger partial charge in [-0.15, -0.1) is 0 Å². The summed E-state index contributed by atoms with van der Waals surface area (Å²) in [5.41, 5.74) is 3.01. The maximum absolute atomic E-state index is 11.8. The molecule has 3 heteroatoms. The molecule has 2 rings (SSSR count). The number of nitrogens with one attached hydrogen (secondary N) is 1. The van der Waals surface area contributed by atoms with Crippen molar-refractivity contribution in [2.45, 2.75) is 13.8 Å². The fourth-order valence-corrected chi connectivity index (χ4v) is 1.77. The Kier molecular flexibility index (Phi) is 4.77. The van der Waals surface area contributed by atoms with E-state index < -0.39 is 0 Å². The topological polar surface area (TPSA) is 38.3 Å². The van der Waals surface area contributed by atoms with Crippen LogP contribution in [0, 0.1) is 13.8 Å². The number of carbonyl (C=O) groups excluding carboxylic acids is 1. The highest BCUT2D eigenvalue weighted by atomic mass is 16.5. The largest absolute Gasteiger partial charge is 0.492 e. The van der Waals surface area contributed by atoms with E-state index in [1.807, 2.05) is 62.4 Å². The summed E-state index contributed by atoms with van der Waals surface area (Å²) in [5.74, 6) is 0.748. The van der Waals surface area contributed by atoms with Gasteiger partial charge >= 0.3 is 0 Å². The molecule has 0 unspecified atom stereocenters. The van der Waals surface area contributed by atoms with E-state index in [-0.39, 0.29) is 5.91 Å². The van der Waals surface area contributed by atoms with Crippen molar-refractivity contribution >= 4 is 5.91 Å². The molecule has 0 heterocycles. The van der Waals surface area contributed by atoms with Crippen molar-refractivity contribution in [3.8, 4) is 5.75 Å². The van der Waals surface area contributed by atoms with Crippen LogP contribution in [0.1, 0.15) is 21.5 Å². The second kappa shape index (κ2) is 6.75. The zero-order valence-corrected chi connectivity index (χ0v) is 11.8. The third-order valence-electron chi connectivity index (χ3n) is 2.99. The second-order valence-corrected chi connectivity index (χ2v) is 4.78. The average molecular weight is 269 g/mol. The Morgan fingerprint density at radius 2 is 1.50 bits per heavy atom. The molecule has 1 amide bonds. The quantitative estimate of drug-likeness (QED) is 0.847. The molecule has 104 valence electrons. The highest BCUT2D eigenvalue weighted by Crippen LogP contribution is 2.10. The highest BCUT2D eigenvalue weighted by Gasteiger charge is 2.03. The first-order valence-electron chi connectivity index (χ1n) is 6.69. The van der Waals surface area contributed by atoms with Gasteiger partial charge in [-0.05, 0) is 38.1 Å². The van der Waals surface area contributed by atoms with Crippen LogP contribution < -0.4 is 10.1 Å². The van der Waals surface area contributed by atoms with Gasteiger partial charge in [0.1, 0.15) is 12.4 Å². The van der Waals surface area contributed by atoms with Gasteiger partial charge in [-0.1, -0.05) is 35.4 Å². The van der Waals surface area contributed by atoms with Crippen molar-refractivity contribution < 1.29 is 9.53 Å². The van der Waals surface area contributed by atoms with Crippen LogP contribution in [0.3, 0.4) is 0 Å². The van der Waals surface area contributed by atoms with Crippen molar-refractivity contribution in [1.29, 1.82) is 0 Å². The van der Waals surface area contributed by atoms with E-state index in [1.54, 1.807) is 0 Å². The summed E-state index contributed by atoms with van der Waals surface area (Å²) >= 11 is 0. The number of aryl methyl sites for hydroxylation is 2. The maximum atomic E-state index is 11.8. The molecule has 0 saturated carbocycles. The van der Waals surface area contributed by atoms with E-state index in [0.717, 1.165) is 11.3 Å². The lowest BCUT2D eigenvalue weighted by molar-refractivity contribution is 0.0947. The van der Waals surface area contributed by atoms with Crippen LogP contribution in [-0.4, -0.2) is 19.1 Å². The zero-order valence-electron chi connectivity index (χ0n) is 11.8. The van der Waals surface area contributed by atoms with Crippen LogP contribution in [0.5, 0.6) is 5.75 Å². The third-order valence-corrected chi connectivity index (χ3v) is 2.99. The minimum atomic E-state index is -0.0718. The number of ether oxygens (including phenoxy) is 1. The Balaban J connectivity index is 1.74. The predicted octanol–water partition coefficient (Wildman–Crippen LogP) is 3.11. The van der Waals surface area contributed by atoms with Gasteiger partial charge in [-0.3, -0.25) is 4.79 Å². The Bertz CT molecular complexity index is 559. The second-order valence-electron chi connectivity index (χ2n) is 4.78. The number of benzene rings is 2. The summed E-state index contributed by atoms with van der Waals surface area (Å²) in [7, 11) is 0. The Hall–Kier alpha value is -2.29. The third kappa shape index (κ3) is 4.12.